The van der Waals surface area contributed by atoms with E-state index in [2.05, 4.69) is 0 Å². The molecule has 1 unspecified atom stereocenters. The molecule has 0 fully saturated rings. The first-order valence-electron chi connectivity index (χ1n) is 5.45. The molecule has 0 aliphatic carbocycles. The number of ketones is 1. The molecule has 0 radical (unpaired) electrons. The Kier molecular flexibility index (Phi) is 2.66. The van der Waals surface area contributed by atoms with Crippen LogP contribution in [0, 0.1) is 0 Å². The molecule has 2 aliphatic rings. The summed E-state index contributed by atoms with van der Waals surface area (Å²) in [4.78, 5) is 23.0. The largest absolute Gasteiger partial charge is 0.480 e. The van der Waals surface area contributed by atoms with Crippen molar-refractivity contribution < 1.29 is 24.2 Å². The zero-order valence-electron chi connectivity index (χ0n) is 9.34. The minimum atomic E-state index is -0.890. The molecule has 0 saturated carbocycles. The molecule has 6 heteroatoms. The van der Waals surface area contributed by atoms with E-state index in [1.54, 1.807) is 12.1 Å². The fourth-order valence-electron chi connectivity index (χ4n) is 2.08. The van der Waals surface area contributed by atoms with Crippen LogP contribution in [-0.2, 0) is 11.2 Å². The number of thioether (sulfide) groups is 1. The van der Waals surface area contributed by atoms with E-state index in [0.717, 1.165) is 17.3 Å². The van der Waals surface area contributed by atoms with Crippen molar-refractivity contribution in [3.63, 3.8) is 0 Å². The second-order valence-electron chi connectivity index (χ2n) is 4.13. The first kappa shape index (κ1) is 11.4. The Bertz CT molecular complexity index is 540. The number of carboxylic acids is 1. The van der Waals surface area contributed by atoms with E-state index in [4.69, 9.17) is 14.6 Å². The van der Waals surface area contributed by atoms with Crippen LogP contribution < -0.4 is 9.47 Å². The smallest absolute Gasteiger partial charge is 0.316 e. The number of benzene rings is 1. The number of rotatable bonds is 1. The van der Waals surface area contributed by atoms with Crippen LogP contribution in [0.25, 0.3) is 0 Å². The second-order valence-corrected chi connectivity index (χ2v) is 5.32. The van der Waals surface area contributed by atoms with Crippen molar-refractivity contribution in [2.45, 2.75) is 11.7 Å². The Balaban J connectivity index is 2.05. The number of Topliss-reactive ketones (excluding diaryl/α,β-unsaturated/α-hetero) is 1. The zero-order valence-corrected chi connectivity index (χ0v) is 10.2. The van der Waals surface area contributed by atoms with Crippen LogP contribution in [0.3, 0.4) is 0 Å². The van der Waals surface area contributed by atoms with Crippen LogP contribution in [0.4, 0.5) is 0 Å². The monoisotopic (exact) mass is 266 g/mol. The summed E-state index contributed by atoms with van der Waals surface area (Å²) in [6.07, 6.45) is 0.331. The SMILES string of the molecule is O=C1CSC(C(=O)O)Cc2cc3c(cc21)OCO3. The highest BCUT2D eigenvalue weighted by atomic mass is 32.2. The van der Waals surface area contributed by atoms with E-state index >= 15 is 0 Å². The van der Waals surface area contributed by atoms with E-state index in [0.29, 0.717) is 23.5 Å². The molecule has 18 heavy (non-hydrogen) atoms. The van der Waals surface area contributed by atoms with Crippen molar-refractivity contribution in [2.24, 2.45) is 0 Å². The van der Waals surface area contributed by atoms with Crippen molar-refractivity contribution >= 4 is 23.5 Å². The third-order valence-electron chi connectivity index (χ3n) is 3.00. The van der Waals surface area contributed by atoms with Crippen molar-refractivity contribution in [1.82, 2.24) is 0 Å². The van der Waals surface area contributed by atoms with Crippen LogP contribution >= 0.6 is 11.8 Å². The van der Waals surface area contributed by atoms with Crippen LogP contribution in [0.2, 0.25) is 0 Å². The lowest BCUT2D eigenvalue weighted by atomic mass is 9.99. The third-order valence-corrected chi connectivity index (χ3v) is 4.19. The number of ether oxygens (including phenoxy) is 2. The zero-order chi connectivity index (χ0) is 12.7. The van der Waals surface area contributed by atoms with E-state index in [1.165, 1.54) is 0 Å². The average molecular weight is 266 g/mol. The number of carboxylic acid groups (broad SMARTS) is 1. The molecule has 1 aromatic carbocycles. The van der Waals surface area contributed by atoms with Gasteiger partial charge >= 0.3 is 5.97 Å². The maximum absolute atomic E-state index is 12.0. The summed E-state index contributed by atoms with van der Waals surface area (Å²) in [5.74, 6) is 0.373. The molecule has 0 bridgehead atoms. The van der Waals surface area contributed by atoms with Crippen molar-refractivity contribution in [2.75, 3.05) is 12.5 Å². The summed E-state index contributed by atoms with van der Waals surface area (Å²) in [5.41, 5.74) is 1.28. The molecule has 94 valence electrons. The Hall–Kier alpha value is -1.69. The molecular weight excluding hydrogens is 256 g/mol. The van der Waals surface area contributed by atoms with Gasteiger partial charge in [-0.15, -0.1) is 11.8 Å². The second kappa shape index (κ2) is 4.20. The lowest BCUT2D eigenvalue weighted by Crippen LogP contribution is -2.18. The lowest BCUT2D eigenvalue weighted by molar-refractivity contribution is -0.136. The van der Waals surface area contributed by atoms with Gasteiger partial charge in [-0.2, -0.15) is 0 Å². The summed E-state index contributed by atoms with van der Waals surface area (Å²) < 4.78 is 10.5. The van der Waals surface area contributed by atoms with Crippen LogP contribution in [-0.4, -0.2) is 34.7 Å². The van der Waals surface area contributed by atoms with E-state index in [-0.39, 0.29) is 18.3 Å². The first-order chi connectivity index (χ1) is 8.65. The third kappa shape index (κ3) is 1.82. The summed E-state index contributed by atoms with van der Waals surface area (Å²) in [7, 11) is 0. The van der Waals surface area contributed by atoms with E-state index in [1.807, 2.05) is 0 Å². The molecule has 1 atom stereocenters. The highest BCUT2D eigenvalue weighted by Gasteiger charge is 2.29. The summed E-state index contributed by atoms with van der Waals surface area (Å²) in [6.45, 7) is 0.142. The molecule has 1 aromatic rings. The number of hydrogen-bond acceptors (Lipinski definition) is 5. The van der Waals surface area contributed by atoms with Crippen LogP contribution in [0.1, 0.15) is 15.9 Å². The molecule has 0 aromatic heterocycles. The van der Waals surface area contributed by atoms with Crippen molar-refractivity contribution in [3.05, 3.63) is 23.3 Å². The molecule has 1 N–H and O–H groups in total. The highest BCUT2D eigenvalue weighted by Crippen LogP contribution is 2.37. The van der Waals surface area contributed by atoms with Crippen molar-refractivity contribution in [3.8, 4) is 11.5 Å². The molecule has 0 amide bonds. The lowest BCUT2D eigenvalue weighted by Gasteiger charge is -2.09. The Labute approximate surface area is 107 Å². The maximum Gasteiger partial charge on any atom is 0.316 e. The van der Waals surface area contributed by atoms with Gasteiger partial charge in [-0.05, 0) is 24.1 Å². The van der Waals surface area contributed by atoms with Gasteiger partial charge in [0.2, 0.25) is 6.79 Å². The Morgan fingerprint density at radius 3 is 2.78 bits per heavy atom. The first-order valence-corrected chi connectivity index (χ1v) is 6.50. The van der Waals surface area contributed by atoms with E-state index in [9.17, 15) is 9.59 Å². The van der Waals surface area contributed by atoms with Gasteiger partial charge in [0.05, 0.1) is 5.75 Å². The van der Waals surface area contributed by atoms with Gasteiger partial charge in [-0.1, -0.05) is 0 Å². The van der Waals surface area contributed by atoms with Gasteiger partial charge in [-0.3, -0.25) is 9.59 Å². The molecular formula is C12H10O5S. The number of carbonyl (C=O) groups excluding carboxylic acids is 1. The fraction of sp³-hybridized carbons (Fsp3) is 0.333. The van der Waals surface area contributed by atoms with Gasteiger partial charge in [-0.25, -0.2) is 0 Å². The number of hydrogen-bond donors (Lipinski definition) is 1. The van der Waals surface area contributed by atoms with Crippen LogP contribution in [0.5, 0.6) is 11.5 Å². The van der Waals surface area contributed by atoms with Gasteiger partial charge in [0.15, 0.2) is 17.3 Å². The Morgan fingerprint density at radius 1 is 1.33 bits per heavy atom. The van der Waals surface area contributed by atoms with Gasteiger partial charge in [0.1, 0.15) is 5.25 Å². The topological polar surface area (TPSA) is 72.8 Å². The average Bonchev–Trinajstić information content (AvgIpc) is 2.72. The van der Waals surface area contributed by atoms with Gasteiger partial charge in [0, 0.05) is 5.56 Å². The summed E-state index contributed by atoms with van der Waals surface area (Å²) in [5, 5.41) is 8.49. The minimum Gasteiger partial charge on any atom is -0.480 e. The molecule has 0 saturated heterocycles. The maximum atomic E-state index is 12.0. The highest BCUT2D eigenvalue weighted by molar-refractivity contribution is 8.01. The number of carbonyl (C=O) groups is 2. The summed E-state index contributed by atoms with van der Waals surface area (Å²) in [6, 6.07) is 3.38. The number of fused-ring (bicyclic) bond motifs is 2. The van der Waals surface area contributed by atoms with Crippen molar-refractivity contribution in [1.29, 1.82) is 0 Å². The van der Waals surface area contributed by atoms with Gasteiger partial charge < -0.3 is 14.6 Å². The summed E-state index contributed by atoms with van der Waals surface area (Å²) >= 11 is 1.16. The fourth-order valence-corrected chi connectivity index (χ4v) is 3.03. The quantitative estimate of drug-likeness (QED) is 0.827. The molecule has 2 aliphatic heterocycles. The predicted octanol–water partition coefficient (Wildman–Crippen LogP) is 1.34. The van der Waals surface area contributed by atoms with Crippen LogP contribution in [0.15, 0.2) is 12.1 Å². The number of aliphatic carboxylic acids is 1. The molecule has 0 spiro atoms. The normalized spacial score (nSPS) is 21.3. The standard InChI is InChI=1S/C12H10O5S/c13-8-4-18-11(12(14)15)2-6-1-9-10(3-7(6)8)17-5-16-9/h1,3,11H,2,4-5H2,(H,14,15). The Morgan fingerprint density at radius 2 is 2.06 bits per heavy atom. The van der Waals surface area contributed by atoms with Gasteiger partial charge in [0.25, 0.3) is 0 Å². The molecule has 2 heterocycles. The molecule has 3 rings (SSSR count). The predicted molar refractivity (Wildman–Crippen MR) is 64.5 cm³/mol. The molecule has 5 nitrogen and oxygen atoms in total. The van der Waals surface area contributed by atoms with E-state index < -0.39 is 11.2 Å². The minimum absolute atomic E-state index is 0.0583.